The molecule has 0 fully saturated rings. The number of amides is 1. The van der Waals surface area contributed by atoms with Gasteiger partial charge < -0.3 is 19.8 Å². The summed E-state index contributed by atoms with van der Waals surface area (Å²) in [6.07, 6.45) is 6.24. The molecule has 0 spiro atoms. The predicted molar refractivity (Wildman–Crippen MR) is 132 cm³/mol. The van der Waals surface area contributed by atoms with Crippen molar-refractivity contribution in [2.24, 2.45) is 7.05 Å². The molecule has 0 aliphatic rings. The molecule has 0 aromatic carbocycles. The molecular formula is C26H33N5O3. The highest BCUT2D eigenvalue weighted by Crippen LogP contribution is 2.27. The first-order valence-electron chi connectivity index (χ1n) is 11.2. The zero-order valence-electron chi connectivity index (χ0n) is 20.7. The number of rotatable bonds is 10. The van der Waals surface area contributed by atoms with Crippen LogP contribution in [0.3, 0.4) is 0 Å². The van der Waals surface area contributed by atoms with Crippen LogP contribution >= 0.6 is 0 Å². The number of nitrogens with one attached hydrogen (secondary N) is 2. The quantitative estimate of drug-likeness (QED) is 0.272. The molecule has 1 unspecified atom stereocenters. The maximum atomic E-state index is 13.2. The van der Waals surface area contributed by atoms with E-state index >= 15 is 0 Å². The third kappa shape index (κ3) is 5.63. The summed E-state index contributed by atoms with van der Waals surface area (Å²) in [5, 5.41) is 10.3. The summed E-state index contributed by atoms with van der Waals surface area (Å²) in [6.45, 7) is 8.18. The summed E-state index contributed by atoms with van der Waals surface area (Å²) in [7, 11) is 3.69. The Labute approximate surface area is 200 Å². The largest absolute Gasteiger partial charge is 0.392 e. The van der Waals surface area contributed by atoms with Crippen LogP contribution in [0.4, 0.5) is 0 Å². The lowest BCUT2D eigenvalue weighted by molar-refractivity contribution is -0.105. The molecular weight excluding hydrogens is 430 g/mol. The summed E-state index contributed by atoms with van der Waals surface area (Å²) in [5.41, 5.74) is 6.29. The number of fused-ring (bicyclic) bond motifs is 1. The summed E-state index contributed by atoms with van der Waals surface area (Å²) >= 11 is 0. The molecule has 0 saturated heterocycles. The number of ether oxygens (including phenoxy) is 1. The number of hydrogen-bond donors (Lipinski definition) is 2. The Balaban J connectivity index is 1.85. The summed E-state index contributed by atoms with van der Waals surface area (Å²) in [5.74, 6) is -0.235. The van der Waals surface area contributed by atoms with Gasteiger partial charge in [0.05, 0.1) is 24.1 Å². The fraction of sp³-hybridized carbons (Fsp3) is 0.346. The minimum absolute atomic E-state index is 0.147. The summed E-state index contributed by atoms with van der Waals surface area (Å²) in [4.78, 5) is 24.8. The van der Waals surface area contributed by atoms with E-state index in [1.807, 2.05) is 88.9 Å². The SMILES string of the molecule is CN/C(C)=C\C(C)=C(/C=O)CNC(=O)c1cc2cccn2c(C(C)OCc2ccn(C)n2)c1C. The monoisotopic (exact) mass is 463 g/mol. The zero-order valence-corrected chi connectivity index (χ0v) is 20.7. The molecule has 1 atom stereocenters. The van der Waals surface area contributed by atoms with Crippen LogP contribution in [-0.2, 0) is 23.2 Å². The van der Waals surface area contributed by atoms with Crippen LogP contribution in [0.25, 0.3) is 5.52 Å². The van der Waals surface area contributed by atoms with Crippen LogP contribution in [0.2, 0.25) is 0 Å². The predicted octanol–water partition coefficient (Wildman–Crippen LogP) is 3.63. The summed E-state index contributed by atoms with van der Waals surface area (Å²) in [6, 6.07) is 7.68. The van der Waals surface area contributed by atoms with Crippen LogP contribution in [0.5, 0.6) is 0 Å². The lowest BCUT2D eigenvalue weighted by Crippen LogP contribution is -2.28. The van der Waals surface area contributed by atoms with Crippen LogP contribution in [0.1, 0.15) is 54.2 Å². The van der Waals surface area contributed by atoms with Crippen LogP contribution in [-0.4, -0.2) is 40.0 Å². The average molecular weight is 464 g/mol. The van der Waals surface area contributed by atoms with E-state index in [4.69, 9.17) is 4.74 Å². The minimum Gasteiger partial charge on any atom is -0.392 e. The van der Waals surface area contributed by atoms with E-state index in [-0.39, 0.29) is 18.6 Å². The van der Waals surface area contributed by atoms with Crippen LogP contribution < -0.4 is 10.6 Å². The van der Waals surface area contributed by atoms with E-state index in [2.05, 4.69) is 15.7 Å². The Bertz CT molecular complexity index is 1250. The molecule has 0 bridgehead atoms. The van der Waals surface area contributed by atoms with Gasteiger partial charge in [0, 0.05) is 55.4 Å². The number of pyridine rings is 1. The molecule has 34 heavy (non-hydrogen) atoms. The first-order chi connectivity index (χ1) is 16.2. The topological polar surface area (TPSA) is 89.7 Å². The van der Waals surface area contributed by atoms with Gasteiger partial charge in [-0.15, -0.1) is 0 Å². The molecule has 8 heteroatoms. The van der Waals surface area contributed by atoms with Gasteiger partial charge in [-0.1, -0.05) is 0 Å². The van der Waals surface area contributed by atoms with Gasteiger partial charge in [0.2, 0.25) is 0 Å². The second-order valence-corrected chi connectivity index (χ2v) is 8.39. The van der Waals surface area contributed by atoms with Crippen molar-refractivity contribution in [3.63, 3.8) is 0 Å². The molecule has 0 radical (unpaired) electrons. The molecule has 2 N–H and O–H groups in total. The van der Waals surface area contributed by atoms with Gasteiger partial charge in [0.25, 0.3) is 5.91 Å². The molecule has 1 amide bonds. The number of carbonyl (C=O) groups excluding carboxylic acids is 2. The number of aldehydes is 1. The molecule has 3 aromatic heterocycles. The Morgan fingerprint density at radius 3 is 2.68 bits per heavy atom. The van der Waals surface area contributed by atoms with E-state index in [0.717, 1.165) is 40.0 Å². The van der Waals surface area contributed by atoms with Crippen LogP contribution in [0, 0.1) is 6.92 Å². The summed E-state index contributed by atoms with van der Waals surface area (Å²) < 4.78 is 9.90. The van der Waals surface area contributed by atoms with Gasteiger partial charge in [0.1, 0.15) is 6.29 Å². The molecule has 3 rings (SSSR count). The van der Waals surface area contributed by atoms with E-state index in [1.54, 1.807) is 4.68 Å². The molecule has 3 aromatic rings. The Hall–Kier alpha value is -3.65. The normalized spacial score (nSPS) is 13.5. The molecule has 8 nitrogen and oxygen atoms in total. The van der Waals surface area contributed by atoms with Crippen molar-refractivity contribution in [3.05, 3.63) is 82.1 Å². The Kier molecular flexibility index (Phi) is 8.07. The van der Waals surface area contributed by atoms with Crippen molar-refractivity contribution in [1.29, 1.82) is 0 Å². The van der Waals surface area contributed by atoms with Gasteiger partial charge in [0.15, 0.2) is 0 Å². The fourth-order valence-corrected chi connectivity index (χ4v) is 3.91. The minimum atomic E-state index is -0.271. The standard InChI is InChI=1S/C26H33N5O3/c1-17(12-18(2)27-5)21(15-32)14-28-26(33)24-13-23-8-7-10-31(23)25(19(24)3)20(4)34-16-22-9-11-30(6)29-22/h7-13,15,20,27H,14,16H2,1-6H3,(H,28,33)/b18-12-,21-17-. The van der Waals surface area contributed by atoms with Gasteiger partial charge in [-0.05, 0) is 69.2 Å². The third-order valence-electron chi connectivity index (χ3n) is 5.92. The van der Waals surface area contributed by atoms with Crippen molar-refractivity contribution in [3.8, 4) is 0 Å². The highest BCUT2D eigenvalue weighted by atomic mass is 16.5. The van der Waals surface area contributed by atoms with E-state index in [1.165, 1.54) is 0 Å². The molecule has 3 heterocycles. The first-order valence-corrected chi connectivity index (χ1v) is 11.2. The smallest absolute Gasteiger partial charge is 0.251 e. The molecule has 0 saturated carbocycles. The maximum Gasteiger partial charge on any atom is 0.251 e. The average Bonchev–Trinajstić information content (AvgIpc) is 3.45. The number of nitrogens with zero attached hydrogens (tertiary/aromatic N) is 3. The molecule has 0 aliphatic carbocycles. The zero-order chi connectivity index (χ0) is 24.8. The van der Waals surface area contributed by atoms with E-state index in [9.17, 15) is 9.59 Å². The maximum absolute atomic E-state index is 13.2. The second kappa shape index (κ2) is 11.0. The van der Waals surface area contributed by atoms with Crippen molar-refractivity contribution < 1.29 is 14.3 Å². The van der Waals surface area contributed by atoms with E-state index in [0.29, 0.717) is 17.7 Å². The number of carbonyl (C=O) groups is 2. The highest BCUT2D eigenvalue weighted by Gasteiger charge is 2.20. The van der Waals surface area contributed by atoms with Crippen LogP contribution in [0.15, 0.2) is 59.6 Å². The second-order valence-electron chi connectivity index (χ2n) is 8.39. The third-order valence-corrected chi connectivity index (χ3v) is 5.92. The van der Waals surface area contributed by atoms with Crippen molar-refractivity contribution in [2.45, 2.75) is 40.4 Å². The van der Waals surface area contributed by atoms with E-state index < -0.39 is 0 Å². The number of aryl methyl sites for hydroxylation is 1. The lowest BCUT2D eigenvalue weighted by Gasteiger charge is -2.20. The first kappa shape index (κ1) is 25.0. The highest BCUT2D eigenvalue weighted by molar-refractivity contribution is 5.97. The van der Waals surface area contributed by atoms with Gasteiger partial charge in [-0.2, -0.15) is 5.10 Å². The Morgan fingerprint density at radius 1 is 1.26 bits per heavy atom. The number of allylic oxidation sites excluding steroid dienone is 3. The number of hydrogen-bond acceptors (Lipinski definition) is 5. The van der Waals surface area contributed by atoms with Gasteiger partial charge in [-0.3, -0.25) is 14.3 Å². The molecule has 180 valence electrons. The van der Waals surface area contributed by atoms with Gasteiger partial charge in [-0.25, -0.2) is 0 Å². The van der Waals surface area contributed by atoms with Crippen molar-refractivity contribution >= 4 is 17.7 Å². The fourth-order valence-electron chi connectivity index (χ4n) is 3.91. The van der Waals surface area contributed by atoms with Gasteiger partial charge >= 0.3 is 0 Å². The Morgan fingerprint density at radius 2 is 2.03 bits per heavy atom. The van der Waals surface area contributed by atoms with Crippen molar-refractivity contribution in [2.75, 3.05) is 13.6 Å². The lowest BCUT2D eigenvalue weighted by atomic mass is 10.0. The van der Waals surface area contributed by atoms with Crippen molar-refractivity contribution in [1.82, 2.24) is 24.8 Å². The molecule has 0 aliphatic heterocycles. The number of aromatic nitrogens is 3.